The first-order valence-electron chi connectivity index (χ1n) is 9.02. The van der Waals surface area contributed by atoms with Crippen molar-refractivity contribution in [2.45, 2.75) is 13.8 Å². The Labute approximate surface area is 171 Å². The third-order valence-electron chi connectivity index (χ3n) is 4.37. The largest absolute Gasteiger partial charge is 0.499 e. The van der Waals surface area contributed by atoms with Crippen molar-refractivity contribution in [2.75, 3.05) is 18.5 Å². The van der Waals surface area contributed by atoms with Crippen LogP contribution in [-0.4, -0.2) is 28.8 Å². The van der Waals surface area contributed by atoms with Crippen LogP contribution in [0.4, 0.5) is 15.9 Å². The molecule has 0 fully saturated rings. The van der Waals surface area contributed by atoms with Gasteiger partial charge in [0, 0.05) is 7.05 Å². The Morgan fingerprint density at radius 3 is 2.83 bits per heavy atom. The highest BCUT2D eigenvalue weighted by atomic mass is 19.1. The van der Waals surface area contributed by atoms with Crippen molar-refractivity contribution in [2.24, 2.45) is 7.05 Å². The van der Waals surface area contributed by atoms with Crippen LogP contribution in [0.2, 0.25) is 0 Å². The van der Waals surface area contributed by atoms with Gasteiger partial charge in [-0.05, 0) is 31.5 Å². The van der Waals surface area contributed by atoms with Gasteiger partial charge < -0.3 is 14.6 Å². The van der Waals surface area contributed by atoms with Gasteiger partial charge in [-0.3, -0.25) is 19.0 Å². The zero-order valence-corrected chi connectivity index (χ0v) is 16.7. The van der Waals surface area contributed by atoms with E-state index in [1.807, 2.05) is 0 Å². The molecule has 2 aromatic heterocycles. The number of rotatable bonds is 8. The topological polar surface area (TPSA) is 108 Å². The Hall–Kier alpha value is -3.66. The summed E-state index contributed by atoms with van der Waals surface area (Å²) >= 11 is 0. The Bertz CT molecular complexity index is 1170. The molecule has 2 heterocycles. The molecule has 0 spiro atoms. The molecule has 0 atom stereocenters. The second-order valence-corrected chi connectivity index (χ2v) is 6.49. The second-order valence-electron chi connectivity index (χ2n) is 6.49. The van der Waals surface area contributed by atoms with Gasteiger partial charge in [0.2, 0.25) is 0 Å². The zero-order chi connectivity index (χ0) is 21.8. The normalized spacial score (nSPS) is 10.8. The maximum Gasteiger partial charge on any atom is 0.282 e. The predicted molar refractivity (Wildman–Crippen MR) is 108 cm³/mol. The number of carbonyl (C=O) groups excluding carboxylic acids is 1. The number of halogens is 1. The van der Waals surface area contributed by atoms with Crippen molar-refractivity contribution < 1.29 is 23.3 Å². The number of hydroxylamine groups is 1. The number of carbonyl (C=O) groups is 1. The summed E-state index contributed by atoms with van der Waals surface area (Å²) in [5.74, 6) is -1.23. The number of amides is 1. The van der Waals surface area contributed by atoms with Crippen LogP contribution in [0.5, 0.6) is 0 Å². The van der Waals surface area contributed by atoms with E-state index in [4.69, 9.17) is 14.1 Å². The van der Waals surface area contributed by atoms with Gasteiger partial charge in [-0.25, -0.2) is 9.87 Å². The molecule has 30 heavy (non-hydrogen) atoms. The number of nitrogens with one attached hydrogen (secondary N) is 2. The lowest BCUT2D eigenvalue weighted by atomic mass is 10.1. The van der Waals surface area contributed by atoms with Crippen molar-refractivity contribution in [1.29, 1.82) is 0 Å². The first-order chi connectivity index (χ1) is 14.3. The summed E-state index contributed by atoms with van der Waals surface area (Å²) in [4.78, 5) is 30.8. The number of benzene rings is 1. The molecule has 0 aliphatic heterocycles. The maximum absolute atomic E-state index is 14.4. The summed E-state index contributed by atoms with van der Waals surface area (Å²) in [6.45, 7) is 6.97. The average molecular weight is 416 g/mol. The fourth-order valence-corrected chi connectivity index (χ4v) is 2.88. The molecule has 10 heteroatoms. The number of hydrogen-bond donors (Lipinski definition) is 2. The molecule has 0 aliphatic rings. The van der Waals surface area contributed by atoms with E-state index in [1.54, 1.807) is 19.9 Å². The van der Waals surface area contributed by atoms with E-state index in [0.717, 1.165) is 5.56 Å². The van der Waals surface area contributed by atoms with Gasteiger partial charge in [0.25, 0.3) is 11.5 Å². The van der Waals surface area contributed by atoms with E-state index >= 15 is 0 Å². The van der Waals surface area contributed by atoms with Crippen LogP contribution in [0.25, 0.3) is 11.0 Å². The van der Waals surface area contributed by atoms with Crippen LogP contribution in [0.1, 0.15) is 21.6 Å². The molecule has 3 aromatic rings. The zero-order valence-electron chi connectivity index (χ0n) is 16.7. The molecule has 0 aliphatic carbocycles. The van der Waals surface area contributed by atoms with Gasteiger partial charge >= 0.3 is 0 Å². The maximum atomic E-state index is 14.4. The van der Waals surface area contributed by atoms with Crippen LogP contribution < -0.4 is 16.4 Å². The number of pyridine rings is 1. The molecule has 1 aromatic carbocycles. The van der Waals surface area contributed by atoms with Crippen LogP contribution in [0.3, 0.4) is 0 Å². The minimum absolute atomic E-state index is 0.0230. The molecular formula is C20H21FN4O5. The van der Waals surface area contributed by atoms with Crippen LogP contribution in [0.15, 0.2) is 40.4 Å². The van der Waals surface area contributed by atoms with Gasteiger partial charge in [0.1, 0.15) is 35.8 Å². The van der Waals surface area contributed by atoms with E-state index < -0.39 is 17.3 Å². The standard InChI is InChI=1S/C20H21FN4O5/c1-5-28-8-9-29-24-19(26)16-17-15(12(3)23-30-17)20(27)25(4)18(16)22-14-7-6-11(2)10-13(14)21/h5-7,10,22H,1,8-9H2,2-4H3,(H,24,26). The summed E-state index contributed by atoms with van der Waals surface area (Å²) in [6.07, 6.45) is 1.25. The fourth-order valence-electron chi connectivity index (χ4n) is 2.88. The number of nitrogens with zero attached hydrogens (tertiary/aromatic N) is 2. The Morgan fingerprint density at radius 1 is 1.37 bits per heavy atom. The summed E-state index contributed by atoms with van der Waals surface area (Å²) in [6, 6.07) is 4.54. The van der Waals surface area contributed by atoms with E-state index in [2.05, 4.69) is 22.5 Å². The SMILES string of the molecule is C=COCCONC(=O)c1c(Nc2ccc(C)cc2F)n(C)c(=O)c2c(C)noc12. The third kappa shape index (κ3) is 4.03. The van der Waals surface area contributed by atoms with Crippen molar-refractivity contribution in [1.82, 2.24) is 15.2 Å². The van der Waals surface area contributed by atoms with Crippen LogP contribution in [0, 0.1) is 19.7 Å². The molecule has 0 bridgehead atoms. The molecular weight excluding hydrogens is 395 g/mol. The summed E-state index contributed by atoms with van der Waals surface area (Å²) in [5, 5.41) is 6.76. The smallest absolute Gasteiger partial charge is 0.282 e. The summed E-state index contributed by atoms with van der Waals surface area (Å²) in [5.41, 5.74) is 2.86. The van der Waals surface area contributed by atoms with Crippen molar-refractivity contribution >= 4 is 28.4 Å². The third-order valence-corrected chi connectivity index (χ3v) is 4.37. The lowest BCUT2D eigenvalue weighted by Gasteiger charge is -2.16. The van der Waals surface area contributed by atoms with Crippen molar-refractivity contribution in [3.05, 3.63) is 64.0 Å². The monoisotopic (exact) mass is 416 g/mol. The van der Waals surface area contributed by atoms with Gasteiger partial charge in [-0.15, -0.1) is 0 Å². The molecule has 2 N–H and O–H groups in total. The minimum atomic E-state index is -0.708. The molecule has 0 unspecified atom stereocenters. The summed E-state index contributed by atoms with van der Waals surface area (Å²) in [7, 11) is 1.46. The first kappa shape index (κ1) is 21.1. The first-order valence-corrected chi connectivity index (χ1v) is 9.02. The van der Waals surface area contributed by atoms with Crippen LogP contribution in [-0.2, 0) is 16.6 Å². The number of aryl methyl sites for hydroxylation is 2. The molecule has 1 amide bonds. The Kier molecular flexibility index (Phi) is 6.17. The highest BCUT2D eigenvalue weighted by Crippen LogP contribution is 2.29. The predicted octanol–water partition coefficient (Wildman–Crippen LogP) is 2.85. The van der Waals surface area contributed by atoms with Gasteiger partial charge in [0.15, 0.2) is 5.58 Å². The number of anilines is 2. The minimum Gasteiger partial charge on any atom is -0.499 e. The Morgan fingerprint density at radius 2 is 2.13 bits per heavy atom. The van der Waals surface area contributed by atoms with Gasteiger partial charge in [-0.1, -0.05) is 17.8 Å². The van der Waals surface area contributed by atoms with Crippen LogP contribution >= 0.6 is 0 Å². The van der Waals surface area contributed by atoms with Crippen molar-refractivity contribution in [3.63, 3.8) is 0 Å². The lowest BCUT2D eigenvalue weighted by molar-refractivity contribution is 0.0145. The van der Waals surface area contributed by atoms with E-state index in [9.17, 15) is 14.0 Å². The Balaban J connectivity index is 2.07. The molecule has 3 rings (SSSR count). The number of ether oxygens (including phenoxy) is 1. The molecule has 9 nitrogen and oxygen atoms in total. The van der Waals surface area contributed by atoms with E-state index in [0.29, 0.717) is 5.69 Å². The van der Waals surface area contributed by atoms with Gasteiger partial charge in [0.05, 0.1) is 17.6 Å². The molecule has 158 valence electrons. The number of aromatic nitrogens is 2. The highest BCUT2D eigenvalue weighted by molar-refractivity contribution is 6.09. The molecule has 0 saturated heterocycles. The van der Waals surface area contributed by atoms with Crippen molar-refractivity contribution in [3.8, 4) is 0 Å². The summed E-state index contributed by atoms with van der Waals surface area (Å²) < 4.78 is 25.8. The molecule has 0 radical (unpaired) electrons. The molecule has 0 saturated carbocycles. The average Bonchev–Trinajstić information content (AvgIpc) is 3.09. The fraction of sp³-hybridized carbons (Fsp3) is 0.250. The number of fused-ring (bicyclic) bond motifs is 1. The highest BCUT2D eigenvalue weighted by Gasteiger charge is 2.26. The van der Waals surface area contributed by atoms with E-state index in [1.165, 1.54) is 30.0 Å². The quantitative estimate of drug-likeness (QED) is 0.330. The lowest BCUT2D eigenvalue weighted by Crippen LogP contribution is -2.30. The van der Waals surface area contributed by atoms with E-state index in [-0.39, 0.29) is 41.3 Å². The van der Waals surface area contributed by atoms with Gasteiger partial charge in [-0.2, -0.15) is 0 Å². The second kappa shape index (κ2) is 8.78. The number of hydrogen-bond acceptors (Lipinski definition) is 7.